The number of ether oxygens (including phenoxy) is 2. The van der Waals surface area contributed by atoms with Crippen LogP contribution in [0.3, 0.4) is 0 Å². The fraction of sp³-hybridized carbons (Fsp3) is 0.500. The molecule has 5 heterocycles. The van der Waals surface area contributed by atoms with Crippen LogP contribution in [0.4, 0.5) is 5.69 Å². The van der Waals surface area contributed by atoms with Gasteiger partial charge in [-0.1, -0.05) is 11.6 Å². The Kier molecular flexibility index (Phi) is 3.59. The second-order valence-corrected chi connectivity index (χ2v) is 10.2. The average Bonchev–Trinajstić information content (AvgIpc) is 3.49. The number of esters is 1. The number of anilines is 1. The highest BCUT2D eigenvalue weighted by Crippen LogP contribution is 2.76. The lowest BCUT2D eigenvalue weighted by atomic mass is 9.43. The number of nitrogens with zero attached hydrogens (tertiary/aromatic N) is 2. The Morgan fingerprint density at radius 1 is 1.36 bits per heavy atom. The highest BCUT2D eigenvalue weighted by Gasteiger charge is 2.86. The van der Waals surface area contributed by atoms with Crippen molar-refractivity contribution >= 4 is 11.7 Å². The van der Waals surface area contributed by atoms with Crippen LogP contribution in [0.15, 0.2) is 46.8 Å². The number of rotatable bonds is 2. The third-order valence-corrected chi connectivity index (χ3v) is 9.63. The average molecular weight is 449 g/mol. The van der Waals surface area contributed by atoms with E-state index in [0.717, 1.165) is 48.3 Å². The Balaban J connectivity index is 1.56. The predicted molar refractivity (Wildman–Crippen MR) is 121 cm³/mol. The molecule has 1 aromatic carbocycles. The molecule has 1 aliphatic carbocycles. The molecule has 5 bridgehead atoms. The van der Waals surface area contributed by atoms with Crippen molar-refractivity contribution in [3.63, 3.8) is 0 Å². The molecule has 5 atom stereocenters. The van der Waals surface area contributed by atoms with Crippen LogP contribution in [0.25, 0.3) is 11.1 Å². The Hall–Kier alpha value is -2.77. The molecule has 0 amide bonds. The van der Waals surface area contributed by atoms with Crippen molar-refractivity contribution in [1.29, 1.82) is 0 Å². The first-order valence-electron chi connectivity index (χ1n) is 11.7. The molecule has 7 nitrogen and oxygen atoms in total. The molecule has 2 aromatic rings. The third kappa shape index (κ3) is 1.82. The number of hydrogen-bond acceptors (Lipinski definition) is 7. The first kappa shape index (κ1) is 19.7. The third-order valence-electron chi connectivity index (χ3n) is 9.63. The number of likely N-dealkylation sites (N-methyl/N-ethyl adjacent to an activating group) is 1. The normalized spacial score (nSPS) is 39.1. The molecular weight excluding hydrogens is 420 g/mol. The van der Waals surface area contributed by atoms with E-state index in [1.807, 2.05) is 18.2 Å². The monoisotopic (exact) mass is 448 g/mol. The van der Waals surface area contributed by atoms with E-state index in [1.165, 1.54) is 12.7 Å². The number of fused-ring (bicyclic) bond motifs is 3. The molecular formula is C26H28N2O5. The molecule has 4 fully saturated rings. The Labute approximate surface area is 192 Å². The van der Waals surface area contributed by atoms with Gasteiger partial charge in [0.2, 0.25) is 0 Å². The highest BCUT2D eigenvalue weighted by atomic mass is 16.6. The standard InChI is InChI=1S/C26H28N2O5/c1-4-15-12-28-7-6-25-19-10-21(29)17(16-5-8-32-13-16)9-20(19)27(2)26(25)22(28)11-18(15)24(25,14-33-26)23(30)31-3/h4-5,8-10,13,18,22,29H,6-7,11-12,14H2,1-3H3/b15-4-/t18-,22-,24-,25-,26+/m0/s1. The molecule has 0 unspecified atom stereocenters. The van der Waals surface area contributed by atoms with Gasteiger partial charge in [-0.2, -0.15) is 0 Å². The number of phenolic OH excluding ortho intramolecular Hbond substituents is 1. The molecule has 0 radical (unpaired) electrons. The lowest BCUT2D eigenvalue weighted by Gasteiger charge is -2.66. The molecule has 5 aliphatic rings. The van der Waals surface area contributed by atoms with E-state index >= 15 is 0 Å². The van der Waals surface area contributed by atoms with E-state index in [9.17, 15) is 9.90 Å². The maximum Gasteiger partial charge on any atom is 0.315 e. The summed E-state index contributed by atoms with van der Waals surface area (Å²) in [6.45, 7) is 4.15. The van der Waals surface area contributed by atoms with Gasteiger partial charge in [0.05, 0.1) is 37.7 Å². The van der Waals surface area contributed by atoms with Crippen molar-refractivity contribution < 1.29 is 23.8 Å². The largest absolute Gasteiger partial charge is 0.507 e. The number of aromatic hydroxyl groups is 1. The maximum atomic E-state index is 13.8. The number of carbonyl (C=O) groups excluding carboxylic acids is 1. The van der Waals surface area contributed by atoms with E-state index in [-0.39, 0.29) is 23.7 Å². The highest BCUT2D eigenvalue weighted by molar-refractivity contribution is 5.88. The molecule has 1 saturated carbocycles. The van der Waals surface area contributed by atoms with Gasteiger partial charge < -0.3 is 23.9 Å². The van der Waals surface area contributed by atoms with Gasteiger partial charge in [-0.05, 0) is 43.5 Å². The SMILES string of the molecule is C/C=C1/CN2CC[C@@]34c5cc(O)c(-c6ccoc6)cc5N(C)[C@]35OC[C@@]4(C(=O)OC)[C@H]1C[C@H]25. The minimum Gasteiger partial charge on any atom is -0.507 e. The van der Waals surface area contributed by atoms with Crippen LogP contribution in [0.5, 0.6) is 5.75 Å². The van der Waals surface area contributed by atoms with E-state index < -0.39 is 16.6 Å². The van der Waals surface area contributed by atoms with Gasteiger partial charge in [0.1, 0.15) is 11.2 Å². The van der Waals surface area contributed by atoms with Crippen LogP contribution < -0.4 is 4.90 Å². The zero-order valence-electron chi connectivity index (χ0n) is 19.1. The van der Waals surface area contributed by atoms with Crippen molar-refractivity contribution in [2.75, 3.05) is 38.8 Å². The van der Waals surface area contributed by atoms with Crippen LogP contribution in [-0.2, 0) is 19.7 Å². The number of allylic oxidation sites excluding steroid dienone is 1. The second kappa shape index (κ2) is 6.02. The molecule has 33 heavy (non-hydrogen) atoms. The summed E-state index contributed by atoms with van der Waals surface area (Å²) in [4.78, 5) is 18.6. The molecule has 7 rings (SSSR count). The summed E-state index contributed by atoms with van der Waals surface area (Å²) in [7, 11) is 3.57. The number of hydrogen-bond donors (Lipinski definition) is 1. The predicted octanol–water partition coefficient (Wildman–Crippen LogP) is 3.28. The molecule has 3 saturated heterocycles. The van der Waals surface area contributed by atoms with Crippen molar-refractivity contribution in [1.82, 2.24) is 4.90 Å². The van der Waals surface area contributed by atoms with Crippen LogP contribution in [0.1, 0.15) is 25.3 Å². The molecule has 1 aromatic heterocycles. The Morgan fingerprint density at radius 3 is 2.94 bits per heavy atom. The van der Waals surface area contributed by atoms with E-state index in [4.69, 9.17) is 13.9 Å². The molecule has 1 N–H and O–H groups in total. The van der Waals surface area contributed by atoms with Gasteiger partial charge in [0.15, 0.2) is 5.72 Å². The summed E-state index contributed by atoms with van der Waals surface area (Å²) >= 11 is 0. The van der Waals surface area contributed by atoms with Crippen LogP contribution in [0, 0.1) is 11.3 Å². The smallest absolute Gasteiger partial charge is 0.315 e. The van der Waals surface area contributed by atoms with Gasteiger partial charge in [-0.25, -0.2) is 0 Å². The molecule has 4 aliphatic heterocycles. The Morgan fingerprint density at radius 2 is 2.21 bits per heavy atom. The number of phenols is 1. The summed E-state index contributed by atoms with van der Waals surface area (Å²) < 4.78 is 17.7. The number of furan rings is 1. The Bertz CT molecular complexity index is 1220. The summed E-state index contributed by atoms with van der Waals surface area (Å²) in [6, 6.07) is 5.93. The van der Waals surface area contributed by atoms with Gasteiger partial charge in [0.25, 0.3) is 0 Å². The summed E-state index contributed by atoms with van der Waals surface area (Å²) in [5.41, 5.74) is 2.76. The van der Waals surface area contributed by atoms with Crippen molar-refractivity contribution in [3.05, 3.63) is 47.9 Å². The van der Waals surface area contributed by atoms with Crippen molar-refractivity contribution in [2.24, 2.45) is 11.3 Å². The van der Waals surface area contributed by atoms with E-state index in [2.05, 4.69) is 29.8 Å². The van der Waals surface area contributed by atoms with E-state index in [1.54, 1.807) is 12.5 Å². The lowest BCUT2D eigenvalue weighted by molar-refractivity contribution is -0.184. The summed E-state index contributed by atoms with van der Waals surface area (Å²) in [5.74, 6) is 0.0585. The molecule has 172 valence electrons. The minimum atomic E-state index is -0.824. The first-order valence-corrected chi connectivity index (χ1v) is 11.7. The van der Waals surface area contributed by atoms with Crippen molar-refractivity contribution in [3.8, 4) is 16.9 Å². The maximum absolute atomic E-state index is 13.8. The van der Waals surface area contributed by atoms with Gasteiger partial charge >= 0.3 is 5.97 Å². The first-order chi connectivity index (χ1) is 16.0. The number of methoxy groups -OCH3 is 1. The number of benzene rings is 1. The van der Waals surface area contributed by atoms with Crippen LogP contribution >= 0.6 is 0 Å². The summed E-state index contributed by atoms with van der Waals surface area (Å²) in [5, 5.41) is 11.2. The minimum absolute atomic E-state index is 0.0576. The fourth-order valence-electron chi connectivity index (χ4n) is 8.47. The fourth-order valence-corrected chi connectivity index (χ4v) is 8.47. The summed E-state index contributed by atoms with van der Waals surface area (Å²) in [6.07, 6.45) is 7.09. The molecule has 0 spiro atoms. The van der Waals surface area contributed by atoms with Crippen LogP contribution in [-0.4, -0.2) is 61.6 Å². The van der Waals surface area contributed by atoms with Gasteiger partial charge in [-0.15, -0.1) is 0 Å². The quantitative estimate of drug-likeness (QED) is 0.558. The lowest BCUT2D eigenvalue weighted by Crippen LogP contribution is -2.80. The van der Waals surface area contributed by atoms with E-state index in [0.29, 0.717) is 6.61 Å². The topological polar surface area (TPSA) is 75.4 Å². The van der Waals surface area contributed by atoms with Crippen LogP contribution in [0.2, 0.25) is 0 Å². The van der Waals surface area contributed by atoms with Gasteiger partial charge in [0, 0.05) is 42.9 Å². The zero-order valence-corrected chi connectivity index (χ0v) is 19.1. The molecule has 7 heteroatoms. The second-order valence-electron chi connectivity index (χ2n) is 10.2. The van der Waals surface area contributed by atoms with Gasteiger partial charge in [-0.3, -0.25) is 9.69 Å². The zero-order chi connectivity index (χ0) is 22.8. The number of carbonyl (C=O) groups is 1. The number of piperidine rings is 2. The van der Waals surface area contributed by atoms with Crippen molar-refractivity contribution in [2.45, 2.75) is 36.9 Å².